The Balaban J connectivity index is 1.60. The topological polar surface area (TPSA) is 76.4 Å². The minimum atomic E-state index is -0.372. The average molecular weight is 479 g/mol. The molecule has 0 saturated heterocycles. The SMILES string of the molecule is O=C(Nc1sc2nc(=O)c(Cc3ccccc3)nn2c1-c1cccs1)c1ccc(Cl)cc1. The Morgan fingerprint density at radius 1 is 1.03 bits per heavy atom. The number of aromatic nitrogens is 3. The van der Waals surface area contributed by atoms with Crippen LogP contribution in [-0.4, -0.2) is 20.5 Å². The fraction of sp³-hybridized carbons (Fsp3) is 0.0435. The number of nitrogens with one attached hydrogen (secondary N) is 1. The highest BCUT2D eigenvalue weighted by molar-refractivity contribution is 7.22. The molecule has 0 fully saturated rings. The van der Waals surface area contributed by atoms with Gasteiger partial charge >= 0.3 is 0 Å². The fourth-order valence-corrected chi connectivity index (χ4v) is 5.16. The van der Waals surface area contributed by atoms with E-state index in [0.717, 1.165) is 10.4 Å². The summed E-state index contributed by atoms with van der Waals surface area (Å²) in [5.74, 6) is -0.279. The number of thiazole rings is 1. The van der Waals surface area contributed by atoms with Crippen molar-refractivity contribution in [2.45, 2.75) is 6.42 Å². The van der Waals surface area contributed by atoms with Gasteiger partial charge in [0.15, 0.2) is 0 Å². The van der Waals surface area contributed by atoms with Crippen LogP contribution in [-0.2, 0) is 6.42 Å². The number of amides is 1. The van der Waals surface area contributed by atoms with Gasteiger partial charge in [-0.1, -0.05) is 59.3 Å². The number of rotatable bonds is 5. The number of thiophene rings is 1. The average Bonchev–Trinajstić information content (AvgIpc) is 3.43. The van der Waals surface area contributed by atoms with E-state index in [1.54, 1.807) is 28.8 Å². The summed E-state index contributed by atoms with van der Waals surface area (Å²) in [5, 5.41) is 10.7. The smallest absolute Gasteiger partial charge is 0.296 e. The molecule has 0 aliphatic heterocycles. The number of halogens is 1. The van der Waals surface area contributed by atoms with Crippen LogP contribution in [0.4, 0.5) is 5.00 Å². The van der Waals surface area contributed by atoms with E-state index in [2.05, 4.69) is 15.4 Å². The number of carbonyl (C=O) groups is 1. The van der Waals surface area contributed by atoms with Crippen molar-refractivity contribution < 1.29 is 4.79 Å². The Bertz CT molecular complexity index is 1460. The lowest BCUT2D eigenvalue weighted by atomic mass is 10.1. The maximum Gasteiger partial charge on any atom is 0.296 e. The summed E-state index contributed by atoms with van der Waals surface area (Å²) >= 11 is 8.67. The molecular formula is C23H15ClN4O2S2. The third-order valence-electron chi connectivity index (χ3n) is 4.77. The van der Waals surface area contributed by atoms with Gasteiger partial charge in [0.2, 0.25) is 4.96 Å². The molecule has 0 aliphatic carbocycles. The van der Waals surface area contributed by atoms with Crippen molar-refractivity contribution in [2.75, 3.05) is 5.32 Å². The molecule has 0 aliphatic rings. The number of anilines is 1. The molecule has 5 rings (SSSR count). The predicted octanol–water partition coefficient (Wildman–Crippen LogP) is 5.38. The lowest BCUT2D eigenvalue weighted by Gasteiger charge is -2.06. The van der Waals surface area contributed by atoms with E-state index in [0.29, 0.717) is 38.4 Å². The number of hydrogen-bond donors (Lipinski definition) is 1. The van der Waals surface area contributed by atoms with Gasteiger partial charge in [-0.25, -0.2) is 4.52 Å². The van der Waals surface area contributed by atoms with Gasteiger partial charge in [0.1, 0.15) is 16.4 Å². The maximum atomic E-state index is 12.8. The molecule has 1 N–H and O–H groups in total. The van der Waals surface area contributed by atoms with Crippen molar-refractivity contribution in [3.63, 3.8) is 0 Å². The number of nitrogens with zero attached hydrogens (tertiary/aromatic N) is 3. The molecule has 0 spiro atoms. The highest BCUT2D eigenvalue weighted by Gasteiger charge is 2.21. The van der Waals surface area contributed by atoms with E-state index in [-0.39, 0.29) is 11.5 Å². The van der Waals surface area contributed by atoms with Crippen LogP contribution in [0.25, 0.3) is 15.5 Å². The van der Waals surface area contributed by atoms with E-state index in [4.69, 9.17) is 11.6 Å². The molecule has 1 amide bonds. The first-order valence-corrected chi connectivity index (χ1v) is 11.7. The highest BCUT2D eigenvalue weighted by atomic mass is 35.5. The molecular weight excluding hydrogens is 464 g/mol. The van der Waals surface area contributed by atoms with Crippen LogP contribution < -0.4 is 10.9 Å². The standard InChI is InChI=1S/C23H15ClN4O2S2/c24-16-10-8-15(9-11-16)20(29)25-22-19(18-7-4-12-31-18)28-23(32-22)26-21(30)17(27-28)13-14-5-2-1-3-6-14/h1-12H,13H2,(H,25,29). The summed E-state index contributed by atoms with van der Waals surface area (Å²) in [6.07, 6.45) is 0.377. The van der Waals surface area contributed by atoms with E-state index in [1.165, 1.54) is 22.7 Å². The maximum absolute atomic E-state index is 12.8. The van der Waals surface area contributed by atoms with Gasteiger partial charge in [-0.15, -0.1) is 11.3 Å². The monoisotopic (exact) mass is 478 g/mol. The molecule has 0 unspecified atom stereocenters. The lowest BCUT2D eigenvalue weighted by molar-refractivity contribution is 0.102. The molecule has 3 heterocycles. The summed E-state index contributed by atoms with van der Waals surface area (Å²) < 4.78 is 1.65. The van der Waals surface area contributed by atoms with E-state index in [9.17, 15) is 9.59 Å². The van der Waals surface area contributed by atoms with Gasteiger partial charge < -0.3 is 5.32 Å². The van der Waals surface area contributed by atoms with Gasteiger partial charge in [-0.3, -0.25) is 9.59 Å². The largest absolute Gasteiger partial charge is 0.312 e. The Hall–Kier alpha value is -3.33. The summed E-state index contributed by atoms with van der Waals surface area (Å²) in [5.41, 5.74) is 2.12. The van der Waals surface area contributed by atoms with Gasteiger partial charge in [0, 0.05) is 17.0 Å². The summed E-state index contributed by atoms with van der Waals surface area (Å²) in [4.78, 5) is 31.1. The minimum Gasteiger partial charge on any atom is -0.312 e. The second kappa shape index (κ2) is 8.66. The van der Waals surface area contributed by atoms with Crippen molar-refractivity contribution in [2.24, 2.45) is 0 Å². The van der Waals surface area contributed by atoms with Crippen LogP contribution in [0.15, 0.2) is 76.9 Å². The molecule has 0 atom stereocenters. The van der Waals surface area contributed by atoms with E-state index >= 15 is 0 Å². The molecule has 6 nitrogen and oxygen atoms in total. The van der Waals surface area contributed by atoms with Crippen molar-refractivity contribution in [3.8, 4) is 10.6 Å². The Labute approximate surface area is 195 Å². The van der Waals surface area contributed by atoms with Crippen molar-refractivity contribution in [1.29, 1.82) is 0 Å². The second-order valence-electron chi connectivity index (χ2n) is 6.94. The van der Waals surface area contributed by atoms with Crippen LogP contribution in [0.2, 0.25) is 5.02 Å². The van der Waals surface area contributed by atoms with Gasteiger partial charge in [-0.05, 0) is 41.3 Å². The third-order valence-corrected chi connectivity index (χ3v) is 6.84. The van der Waals surface area contributed by atoms with Crippen LogP contribution in [0.3, 0.4) is 0 Å². The fourth-order valence-electron chi connectivity index (χ4n) is 3.24. The van der Waals surface area contributed by atoms with Crippen LogP contribution >= 0.6 is 34.3 Å². The number of fused-ring (bicyclic) bond motifs is 1. The van der Waals surface area contributed by atoms with Crippen molar-refractivity contribution >= 4 is 50.1 Å². The zero-order valence-electron chi connectivity index (χ0n) is 16.5. The van der Waals surface area contributed by atoms with Gasteiger partial charge in [-0.2, -0.15) is 10.1 Å². The van der Waals surface area contributed by atoms with Gasteiger partial charge in [0.05, 0.1) is 4.88 Å². The van der Waals surface area contributed by atoms with Crippen molar-refractivity contribution in [3.05, 3.63) is 104 Å². The van der Waals surface area contributed by atoms with Crippen molar-refractivity contribution in [1.82, 2.24) is 14.6 Å². The summed E-state index contributed by atoms with van der Waals surface area (Å²) in [6.45, 7) is 0. The van der Waals surface area contributed by atoms with Crippen LogP contribution in [0, 0.1) is 0 Å². The van der Waals surface area contributed by atoms with E-state index in [1.807, 2.05) is 47.8 Å². The molecule has 0 radical (unpaired) electrons. The third kappa shape index (κ3) is 4.08. The van der Waals surface area contributed by atoms with E-state index < -0.39 is 0 Å². The highest BCUT2D eigenvalue weighted by Crippen LogP contribution is 2.37. The van der Waals surface area contributed by atoms with Crippen LogP contribution in [0.5, 0.6) is 0 Å². The first kappa shape index (κ1) is 20.6. The predicted molar refractivity (Wildman–Crippen MR) is 129 cm³/mol. The normalized spacial score (nSPS) is 11.0. The molecule has 9 heteroatoms. The quantitative estimate of drug-likeness (QED) is 0.368. The van der Waals surface area contributed by atoms with Crippen LogP contribution in [0.1, 0.15) is 21.6 Å². The number of benzene rings is 2. The molecule has 32 heavy (non-hydrogen) atoms. The summed E-state index contributed by atoms with van der Waals surface area (Å²) in [6, 6.07) is 20.2. The van der Waals surface area contributed by atoms with Gasteiger partial charge in [0.25, 0.3) is 11.5 Å². The molecule has 0 saturated carbocycles. The molecule has 0 bridgehead atoms. The molecule has 2 aromatic carbocycles. The molecule has 158 valence electrons. The first-order chi connectivity index (χ1) is 15.6. The number of hydrogen-bond acceptors (Lipinski definition) is 6. The minimum absolute atomic E-state index is 0.279. The summed E-state index contributed by atoms with van der Waals surface area (Å²) in [7, 11) is 0. The Kier molecular flexibility index (Phi) is 5.57. The Morgan fingerprint density at radius 2 is 1.81 bits per heavy atom. The Morgan fingerprint density at radius 3 is 2.53 bits per heavy atom. The number of carbonyl (C=O) groups excluding carboxylic acids is 1. The first-order valence-electron chi connectivity index (χ1n) is 9.66. The zero-order valence-corrected chi connectivity index (χ0v) is 18.9. The second-order valence-corrected chi connectivity index (χ2v) is 9.30. The zero-order chi connectivity index (χ0) is 22.1. The molecule has 5 aromatic rings. The lowest BCUT2D eigenvalue weighted by Crippen LogP contribution is -2.18. The molecule has 3 aromatic heterocycles.